The molecule has 2 aromatic rings. The van der Waals surface area contributed by atoms with Gasteiger partial charge in [-0.15, -0.1) is 0 Å². The van der Waals surface area contributed by atoms with E-state index in [-0.39, 0.29) is 25.7 Å². The lowest BCUT2D eigenvalue weighted by atomic mass is 9.98. The molecule has 8 nitrogen and oxygen atoms in total. The highest BCUT2D eigenvalue weighted by Gasteiger charge is 2.39. The van der Waals surface area contributed by atoms with Crippen LogP contribution in [0.3, 0.4) is 0 Å². The largest absolute Gasteiger partial charge is 0.479 e. The molecule has 0 radical (unpaired) electrons. The van der Waals surface area contributed by atoms with Gasteiger partial charge in [-0.2, -0.15) is 0 Å². The van der Waals surface area contributed by atoms with Gasteiger partial charge in [0.1, 0.15) is 13.2 Å². The molecule has 0 saturated carbocycles. The molecule has 2 N–H and O–H groups in total. The molecule has 0 aromatic heterocycles. The maximum atomic E-state index is 12.5. The fraction of sp³-hybridized carbons (Fsp3) is 0.292. The van der Waals surface area contributed by atoms with E-state index in [1.807, 2.05) is 48.5 Å². The molecule has 0 unspecified atom stereocenters. The predicted molar refractivity (Wildman–Crippen MR) is 118 cm³/mol. The van der Waals surface area contributed by atoms with Crippen molar-refractivity contribution in [1.29, 1.82) is 0 Å². The van der Waals surface area contributed by atoms with Crippen LogP contribution in [0.2, 0.25) is 0 Å². The number of amides is 2. The van der Waals surface area contributed by atoms with Gasteiger partial charge in [-0.05, 0) is 29.2 Å². The molecule has 0 spiro atoms. The number of likely N-dealkylation sites (N-methyl/N-ethyl adjacent to an activating group) is 1. The lowest BCUT2D eigenvalue weighted by molar-refractivity contribution is -0.144. The summed E-state index contributed by atoms with van der Waals surface area (Å²) in [5, 5.41) is 12.0. The molecule has 168 valence electrons. The molecule has 0 fully saturated rings. The van der Waals surface area contributed by atoms with Gasteiger partial charge < -0.3 is 24.8 Å². The minimum Gasteiger partial charge on any atom is -0.479 e. The lowest BCUT2D eigenvalue weighted by Gasteiger charge is -2.30. The first-order valence-corrected chi connectivity index (χ1v) is 10.1. The molecule has 3 rings (SSSR count). The molecule has 0 heterocycles. The van der Waals surface area contributed by atoms with Crippen LogP contribution >= 0.6 is 0 Å². The highest BCUT2D eigenvalue weighted by atomic mass is 16.6. The molecular formula is C24H26N2O6. The molecular weight excluding hydrogens is 412 g/mol. The van der Waals surface area contributed by atoms with E-state index in [4.69, 9.17) is 9.47 Å². The average molecular weight is 438 g/mol. The number of carboxylic acid groups (broad SMARTS) is 1. The number of carbonyl (C=O) groups is 3. The van der Waals surface area contributed by atoms with Crippen molar-refractivity contribution in [2.75, 3.05) is 26.8 Å². The van der Waals surface area contributed by atoms with Crippen LogP contribution in [0.5, 0.6) is 0 Å². The van der Waals surface area contributed by atoms with Crippen LogP contribution in [0.4, 0.5) is 9.59 Å². The molecule has 8 heteroatoms. The van der Waals surface area contributed by atoms with E-state index in [2.05, 4.69) is 11.9 Å². The first kappa shape index (κ1) is 22.9. The van der Waals surface area contributed by atoms with E-state index in [0.29, 0.717) is 0 Å². The Hall–Kier alpha value is -3.81. The van der Waals surface area contributed by atoms with Crippen LogP contribution in [0.25, 0.3) is 11.1 Å². The number of fused-ring (bicyclic) bond motifs is 3. The van der Waals surface area contributed by atoms with Gasteiger partial charge >= 0.3 is 18.2 Å². The van der Waals surface area contributed by atoms with Gasteiger partial charge in [0.05, 0.1) is 6.54 Å². The third-order valence-electron chi connectivity index (χ3n) is 5.38. The number of alkyl carbamates (subject to hydrolysis) is 1. The van der Waals surface area contributed by atoms with Crippen LogP contribution < -0.4 is 5.32 Å². The summed E-state index contributed by atoms with van der Waals surface area (Å²) in [6, 6.07) is 15.8. The number of benzene rings is 2. The number of aliphatic carboxylic acids is 1. The fourth-order valence-corrected chi connectivity index (χ4v) is 3.80. The van der Waals surface area contributed by atoms with Crippen molar-refractivity contribution in [1.82, 2.24) is 10.2 Å². The van der Waals surface area contributed by atoms with Crippen LogP contribution in [0, 0.1) is 0 Å². The standard InChI is InChI=1S/C24H26N2O6/c1-4-13-31-23(30)26(3)15-24(2,21(27)28)25-22(29)32-14-20-18-11-7-5-9-16(18)17-10-6-8-12-19(17)20/h4-12,20H,1,13-15H2,2-3H3,(H,25,29)(H,27,28)/t24-/m1/s1. The number of hydrogen-bond donors (Lipinski definition) is 2. The van der Waals surface area contributed by atoms with Crippen LogP contribution in [-0.2, 0) is 14.3 Å². The Balaban J connectivity index is 1.67. The fourth-order valence-electron chi connectivity index (χ4n) is 3.80. The molecule has 1 aliphatic rings. The van der Waals surface area contributed by atoms with Crippen LogP contribution in [0.15, 0.2) is 61.2 Å². The van der Waals surface area contributed by atoms with Crippen LogP contribution in [-0.4, -0.2) is 60.5 Å². The number of nitrogens with zero attached hydrogens (tertiary/aromatic N) is 1. The Kier molecular flexibility index (Phi) is 6.82. The van der Waals surface area contributed by atoms with Gasteiger partial charge in [-0.1, -0.05) is 61.2 Å². The lowest BCUT2D eigenvalue weighted by Crippen LogP contribution is -2.59. The Morgan fingerprint density at radius 2 is 1.66 bits per heavy atom. The molecule has 2 aromatic carbocycles. The summed E-state index contributed by atoms with van der Waals surface area (Å²) in [4.78, 5) is 37.4. The second kappa shape index (κ2) is 9.55. The maximum absolute atomic E-state index is 12.5. The third kappa shape index (κ3) is 4.74. The normalized spacial score (nSPS) is 13.8. The second-order valence-electron chi connectivity index (χ2n) is 7.81. The summed E-state index contributed by atoms with van der Waals surface area (Å²) < 4.78 is 10.3. The van der Waals surface area contributed by atoms with Crippen molar-refractivity contribution in [2.45, 2.75) is 18.4 Å². The van der Waals surface area contributed by atoms with E-state index >= 15 is 0 Å². The number of rotatable bonds is 8. The SMILES string of the molecule is C=CCOC(=O)N(C)C[C@@](C)(NC(=O)OCC1c2ccccc2-c2ccccc21)C(=O)O. The van der Waals surface area contributed by atoms with Gasteiger partial charge in [0.15, 0.2) is 5.54 Å². The summed E-state index contributed by atoms with van der Waals surface area (Å²) >= 11 is 0. The molecule has 0 bridgehead atoms. The van der Waals surface area contributed by atoms with E-state index in [1.54, 1.807) is 0 Å². The summed E-state index contributed by atoms with van der Waals surface area (Å²) in [7, 11) is 1.38. The van der Waals surface area contributed by atoms with E-state index in [1.165, 1.54) is 20.0 Å². The van der Waals surface area contributed by atoms with Gasteiger partial charge in [0, 0.05) is 13.0 Å². The first-order chi connectivity index (χ1) is 15.3. The van der Waals surface area contributed by atoms with Gasteiger partial charge in [0.25, 0.3) is 0 Å². The Morgan fingerprint density at radius 1 is 1.09 bits per heavy atom. The van der Waals surface area contributed by atoms with Gasteiger partial charge in [0.2, 0.25) is 0 Å². The molecule has 0 aliphatic heterocycles. The van der Waals surface area contributed by atoms with Crippen molar-refractivity contribution in [3.05, 3.63) is 72.3 Å². The first-order valence-electron chi connectivity index (χ1n) is 10.1. The quantitative estimate of drug-likeness (QED) is 0.610. The number of hydrogen-bond acceptors (Lipinski definition) is 5. The van der Waals surface area contributed by atoms with E-state index < -0.39 is 23.7 Å². The average Bonchev–Trinajstić information content (AvgIpc) is 3.09. The summed E-state index contributed by atoms with van der Waals surface area (Å²) in [6.07, 6.45) is -0.215. The van der Waals surface area contributed by atoms with Crippen molar-refractivity contribution in [3.63, 3.8) is 0 Å². The predicted octanol–water partition coefficient (Wildman–Crippen LogP) is 3.62. The molecule has 1 aliphatic carbocycles. The number of carbonyl (C=O) groups excluding carboxylic acids is 2. The van der Waals surface area contributed by atoms with E-state index in [0.717, 1.165) is 27.2 Å². The number of nitrogens with one attached hydrogen (secondary N) is 1. The molecule has 1 atom stereocenters. The van der Waals surface area contributed by atoms with E-state index in [9.17, 15) is 19.5 Å². The van der Waals surface area contributed by atoms with Crippen molar-refractivity contribution < 1.29 is 29.0 Å². The second-order valence-corrected chi connectivity index (χ2v) is 7.81. The summed E-state index contributed by atoms with van der Waals surface area (Å²) in [6.45, 7) is 4.48. The highest BCUT2D eigenvalue weighted by molar-refractivity contribution is 5.85. The molecule has 2 amide bonds. The zero-order valence-electron chi connectivity index (χ0n) is 18.0. The number of carboxylic acids is 1. The summed E-state index contributed by atoms with van der Waals surface area (Å²) in [5.41, 5.74) is 2.50. The third-order valence-corrected chi connectivity index (χ3v) is 5.38. The molecule has 32 heavy (non-hydrogen) atoms. The van der Waals surface area contributed by atoms with Crippen molar-refractivity contribution >= 4 is 18.2 Å². The van der Waals surface area contributed by atoms with Gasteiger partial charge in [-0.3, -0.25) is 0 Å². The Morgan fingerprint density at radius 3 is 2.19 bits per heavy atom. The van der Waals surface area contributed by atoms with Crippen LogP contribution in [0.1, 0.15) is 24.0 Å². The van der Waals surface area contributed by atoms with Crippen molar-refractivity contribution in [3.8, 4) is 11.1 Å². The monoisotopic (exact) mass is 438 g/mol. The molecule has 0 saturated heterocycles. The Bertz CT molecular complexity index is 991. The van der Waals surface area contributed by atoms with Gasteiger partial charge in [-0.25, -0.2) is 14.4 Å². The smallest absolute Gasteiger partial charge is 0.409 e. The minimum atomic E-state index is -1.77. The number of ether oxygens (including phenoxy) is 2. The maximum Gasteiger partial charge on any atom is 0.409 e. The highest BCUT2D eigenvalue weighted by Crippen LogP contribution is 2.44. The van der Waals surface area contributed by atoms with Crippen molar-refractivity contribution in [2.24, 2.45) is 0 Å². The minimum absolute atomic E-state index is 0.00718. The topological polar surface area (TPSA) is 105 Å². The Labute approximate surface area is 186 Å². The zero-order chi connectivity index (χ0) is 23.3. The summed E-state index contributed by atoms with van der Waals surface area (Å²) in [5.74, 6) is -1.46. The zero-order valence-corrected chi connectivity index (χ0v) is 18.0.